The number of pyridine rings is 1. The van der Waals surface area contributed by atoms with E-state index >= 15 is 0 Å². The van der Waals surface area contributed by atoms with Crippen molar-refractivity contribution in [1.82, 2.24) is 10.3 Å². The van der Waals surface area contributed by atoms with Crippen LogP contribution in [-0.2, 0) is 12.7 Å². The van der Waals surface area contributed by atoms with E-state index in [1.807, 2.05) is 0 Å². The zero-order chi connectivity index (χ0) is 21.2. The van der Waals surface area contributed by atoms with E-state index in [-0.39, 0.29) is 23.4 Å². The number of nitrogens with one attached hydrogen (secondary N) is 2. The summed E-state index contributed by atoms with van der Waals surface area (Å²) in [5, 5.41) is 6.11. The number of aromatic nitrogens is 1. The molecule has 8 heteroatoms. The molecule has 1 heterocycles. The van der Waals surface area contributed by atoms with Crippen molar-refractivity contribution < 1.29 is 22.4 Å². The standard InChI is InChI=1S/C21H19F4N3O/c1-3-26-19-18(20(29)27-11-13-5-4-6-15(22)9-13)12(2)16-8-7-14(21(23,24)25)10-17(16)28-19/h4-10H,3,11H2,1-2H3,(H,26,28)(H,27,29). The molecular formula is C21H19F4N3O. The first-order valence-corrected chi connectivity index (χ1v) is 8.98. The summed E-state index contributed by atoms with van der Waals surface area (Å²) in [5.41, 5.74) is 0.689. The number of benzene rings is 2. The molecule has 2 aromatic carbocycles. The van der Waals surface area contributed by atoms with Crippen molar-refractivity contribution in [3.05, 3.63) is 70.5 Å². The quantitative estimate of drug-likeness (QED) is 0.583. The largest absolute Gasteiger partial charge is 0.416 e. The van der Waals surface area contributed by atoms with Gasteiger partial charge < -0.3 is 10.6 Å². The lowest BCUT2D eigenvalue weighted by Gasteiger charge is -2.16. The molecule has 1 aromatic heterocycles. The highest BCUT2D eigenvalue weighted by atomic mass is 19.4. The second-order valence-corrected chi connectivity index (χ2v) is 6.53. The second kappa shape index (κ2) is 8.06. The van der Waals surface area contributed by atoms with E-state index in [1.165, 1.54) is 18.2 Å². The number of carbonyl (C=O) groups is 1. The number of rotatable bonds is 5. The van der Waals surface area contributed by atoms with Gasteiger partial charge in [-0.05, 0) is 49.2 Å². The molecule has 1 amide bonds. The van der Waals surface area contributed by atoms with Crippen LogP contribution in [0.5, 0.6) is 0 Å². The van der Waals surface area contributed by atoms with Gasteiger partial charge in [0.05, 0.1) is 16.6 Å². The molecule has 0 bridgehead atoms. The molecule has 0 fully saturated rings. The van der Waals surface area contributed by atoms with E-state index in [0.29, 0.717) is 23.1 Å². The Labute approximate surface area is 165 Å². The molecule has 3 aromatic rings. The van der Waals surface area contributed by atoms with Crippen LogP contribution in [0.1, 0.15) is 34.0 Å². The monoisotopic (exact) mass is 405 g/mol. The van der Waals surface area contributed by atoms with E-state index in [9.17, 15) is 22.4 Å². The van der Waals surface area contributed by atoms with Crippen molar-refractivity contribution >= 4 is 22.6 Å². The summed E-state index contributed by atoms with van der Waals surface area (Å²) in [6, 6.07) is 9.10. The SMILES string of the molecule is CCNc1nc2cc(C(F)(F)F)ccc2c(C)c1C(=O)NCc1cccc(F)c1. The highest BCUT2D eigenvalue weighted by Gasteiger charge is 2.31. The van der Waals surface area contributed by atoms with Gasteiger partial charge in [0.25, 0.3) is 5.91 Å². The first-order valence-electron chi connectivity index (χ1n) is 8.98. The predicted molar refractivity (Wildman–Crippen MR) is 103 cm³/mol. The van der Waals surface area contributed by atoms with Crippen molar-refractivity contribution in [3.8, 4) is 0 Å². The Balaban J connectivity index is 2.00. The van der Waals surface area contributed by atoms with E-state index in [1.54, 1.807) is 26.0 Å². The molecule has 0 aliphatic rings. The zero-order valence-electron chi connectivity index (χ0n) is 15.8. The van der Waals surface area contributed by atoms with Gasteiger partial charge in [0, 0.05) is 18.5 Å². The van der Waals surface area contributed by atoms with Gasteiger partial charge in [0.15, 0.2) is 0 Å². The molecule has 0 aliphatic heterocycles. The van der Waals surface area contributed by atoms with Gasteiger partial charge in [-0.2, -0.15) is 13.2 Å². The maximum absolute atomic E-state index is 13.3. The number of carbonyl (C=O) groups excluding carboxylic acids is 1. The highest BCUT2D eigenvalue weighted by molar-refractivity contribution is 6.04. The molecule has 4 nitrogen and oxygen atoms in total. The summed E-state index contributed by atoms with van der Waals surface area (Å²) >= 11 is 0. The average Bonchev–Trinajstić information content (AvgIpc) is 2.65. The average molecular weight is 405 g/mol. The number of amides is 1. The fourth-order valence-electron chi connectivity index (χ4n) is 3.10. The lowest BCUT2D eigenvalue weighted by atomic mass is 10.0. The molecule has 2 N–H and O–H groups in total. The minimum atomic E-state index is -4.48. The van der Waals surface area contributed by atoms with Gasteiger partial charge >= 0.3 is 6.18 Å². The summed E-state index contributed by atoms with van der Waals surface area (Å²) in [5.74, 6) is -0.653. The summed E-state index contributed by atoms with van der Waals surface area (Å²) in [6.45, 7) is 3.99. The predicted octanol–water partition coefficient (Wildman–Crippen LogP) is 5.06. The van der Waals surface area contributed by atoms with Crippen molar-refractivity contribution in [3.63, 3.8) is 0 Å². The number of fused-ring (bicyclic) bond motifs is 1. The molecule has 0 aliphatic carbocycles. The van der Waals surface area contributed by atoms with Crippen molar-refractivity contribution in [1.29, 1.82) is 0 Å². The number of aryl methyl sites for hydroxylation is 1. The maximum Gasteiger partial charge on any atom is 0.416 e. The number of halogens is 4. The molecule has 29 heavy (non-hydrogen) atoms. The number of anilines is 1. The Kier molecular flexibility index (Phi) is 5.72. The van der Waals surface area contributed by atoms with Gasteiger partial charge in [-0.1, -0.05) is 18.2 Å². The topological polar surface area (TPSA) is 54.0 Å². The van der Waals surface area contributed by atoms with Crippen molar-refractivity contribution in [2.45, 2.75) is 26.6 Å². The number of alkyl halides is 3. The Bertz CT molecular complexity index is 1060. The third-order valence-electron chi connectivity index (χ3n) is 4.49. The van der Waals surface area contributed by atoms with Crippen LogP contribution in [0.3, 0.4) is 0 Å². The maximum atomic E-state index is 13.3. The molecule has 0 saturated carbocycles. The molecule has 152 valence electrons. The van der Waals surface area contributed by atoms with Crippen LogP contribution in [0.4, 0.5) is 23.4 Å². The number of hydrogen-bond acceptors (Lipinski definition) is 3. The molecular weight excluding hydrogens is 386 g/mol. The first kappa shape index (κ1) is 20.6. The van der Waals surface area contributed by atoms with E-state index in [4.69, 9.17) is 0 Å². The second-order valence-electron chi connectivity index (χ2n) is 6.53. The molecule has 3 rings (SSSR count). The van der Waals surface area contributed by atoms with Gasteiger partial charge in [-0.25, -0.2) is 9.37 Å². The molecule has 0 spiro atoms. The third-order valence-corrected chi connectivity index (χ3v) is 4.49. The van der Waals surface area contributed by atoms with Crippen LogP contribution in [0.2, 0.25) is 0 Å². The fourth-order valence-corrected chi connectivity index (χ4v) is 3.10. The van der Waals surface area contributed by atoms with Gasteiger partial charge in [-0.3, -0.25) is 4.79 Å². The van der Waals surface area contributed by atoms with Crippen molar-refractivity contribution in [2.24, 2.45) is 0 Å². The minimum Gasteiger partial charge on any atom is -0.370 e. The molecule has 0 unspecified atom stereocenters. The Morgan fingerprint density at radius 1 is 1.14 bits per heavy atom. The van der Waals surface area contributed by atoms with E-state index in [0.717, 1.165) is 12.1 Å². The highest BCUT2D eigenvalue weighted by Crippen LogP contribution is 2.33. The molecule has 0 atom stereocenters. The van der Waals surface area contributed by atoms with Gasteiger partial charge in [0.2, 0.25) is 0 Å². The zero-order valence-corrected chi connectivity index (χ0v) is 15.8. The summed E-state index contributed by atoms with van der Waals surface area (Å²) in [6.07, 6.45) is -4.48. The number of hydrogen-bond donors (Lipinski definition) is 2. The van der Waals surface area contributed by atoms with Crippen LogP contribution in [0, 0.1) is 12.7 Å². The first-order chi connectivity index (χ1) is 13.7. The summed E-state index contributed by atoms with van der Waals surface area (Å²) in [7, 11) is 0. The lowest BCUT2D eigenvalue weighted by molar-refractivity contribution is -0.137. The minimum absolute atomic E-state index is 0.104. The number of nitrogens with zero attached hydrogens (tertiary/aromatic N) is 1. The van der Waals surface area contributed by atoms with Crippen molar-refractivity contribution in [2.75, 3.05) is 11.9 Å². The Morgan fingerprint density at radius 2 is 1.90 bits per heavy atom. The summed E-state index contributed by atoms with van der Waals surface area (Å²) in [4.78, 5) is 17.1. The smallest absolute Gasteiger partial charge is 0.370 e. The molecule has 0 radical (unpaired) electrons. The van der Waals surface area contributed by atoms with Crippen LogP contribution >= 0.6 is 0 Å². The van der Waals surface area contributed by atoms with Crippen LogP contribution in [-0.4, -0.2) is 17.4 Å². The van der Waals surface area contributed by atoms with E-state index in [2.05, 4.69) is 15.6 Å². The van der Waals surface area contributed by atoms with Crippen LogP contribution in [0.25, 0.3) is 10.9 Å². The van der Waals surface area contributed by atoms with Gasteiger partial charge in [0.1, 0.15) is 11.6 Å². The molecule has 0 saturated heterocycles. The normalized spacial score (nSPS) is 11.5. The Morgan fingerprint density at radius 3 is 2.55 bits per heavy atom. The lowest BCUT2D eigenvalue weighted by Crippen LogP contribution is -2.25. The van der Waals surface area contributed by atoms with E-state index < -0.39 is 23.5 Å². The summed E-state index contributed by atoms with van der Waals surface area (Å²) < 4.78 is 52.4. The Hall–Kier alpha value is -3.16. The van der Waals surface area contributed by atoms with Gasteiger partial charge in [-0.15, -0.1) is 0 Å². The third kappa shape index (κ3) is 4.47. The van der Waals surface area contributed by atoms with Crippen LogP contribution < -0.4 is 10.6 Å². The van der Waals surface area contributed by atoms with Crippen LogP contribution in [0.15, 0.2) is 42.5 Å². The fraction of sp³-hybridized carbons (Fsp3) is 0.238.